The van der Waals surface area contributed by atoms with Crippen LogP contribution >= 0.6 is 0 Å². The Morgan fingerprint density at radius 3 is 2.95 bits per heavy atom. The van der Waals surface area contributed by atoms with Gasteiger partial charge in [-0.1, -0.05) is 36.4 Å². The van der Waals surface area contributed by atoms with Gasteiger partial charge in [-0.15, -0.1) is 0 Å². The number of hydrogen-bond donors (Lipinski definition) is 1. The molecular formula is C18H21NO3. The third-order valence-corrected chi connectivity index (χ3v) is 3.95. The molecule has 116 valence electrons. The van der Waals surface area contributed by atoms with Gasteiger partial charge in [-0.05, 0) is 31.2 Å². The second kappa shape index (κ2) is 6.79. The number of nitrogens with one attached hydrogen (secondary N) is 1. The van der Waals surface area contributed by atoms with Crippen molar-refractivity contribution in [3.8, 4) is 5.75 Å². The van der Waals surface area contributed by atoms with Gasteiger partial charge in [0.25, 0.3) is 5.91 Å². The van der Waals surface area contributed by atoms with Crippen LogP contribution < -0.4 is 10.1 Å². The number of amides is 1. The monoisotopic (exact) mass is 299 g/mol. The Bertz CT molecular complexity index is 644. The first-order valence-corrected chi connectivity index (χ1v) is 7.78. The van der Waals surface area contributed by atoms with Crippen LogP contribution in [-0.4, -0.2) is 31.3 Å². The maximum absolute atomic E-state index is 12.1. The van der Waals surface area contributed by atoms with E-state index >= 15 is 0 Å². The summed E-state index contributed by atoms with van der Waals surface area (Å²) in [6.45, 7) is 3.12. The molecule has 1 heterocycles. The fourth-order valence-corrected chi connectivity index (χ4v) is 2.71. The lowest BCUT2D eigenvalue weighted by Crippen LogP contribution is -2.40. The Morgan fingerprint density at radius 2 is 2.14 bits per heavy atom. The number of benzene rings is 2. The number of carbonyl (C=O) groups is 1. The van der Waals surface area contributed by atoms with Crippen LogP contribution in [0, 0.1) is 0 Å². The molecule has 0 bridgehead atoms. The standard InChI is InChI=1S/C18H21NO3/c1-13(18(20)19-12-15-8-5-11-21-15)22-17-10-4-7-14-6-2-3-9-16(14)17/h2-4,6-7,9-10,13,15H,5,8,11-12H2,1H3,(H,19,20). The van der Waals surface area contributed by atoms with E-state index < -0.39 is 6.10 Å². The van der Waals surface area contributed by atoms with Gasteiger partial charge in [0, 0.05) is 18.5 Å². The number of hydrogen-bond acceptors (Lipinski definition) is 3. The topological polar surface area (TPSA) is 47.6 Å². The first-order chi connectivity index (χ1) is 10.7. The van der Waals surface area contributed by atoms with Gasteiger partial charge < -0.3 is 14.8 Å². The average molecular weight is 299 g/mol. The predicted octanol–water partition coefficient (Wildman–Crippen LogP) is 2.90. The molecular weight excluding hydrogens is 278 g/mol. The smallest absolute Gasteiger partial charge is 0.260 e. The third-order valence-electron chi connectivity index (χ3n) is 3.95. The largest absolute Gasteiger partial charge is 0.480 e. The van der Waals surface area contributed by atoms with Crippen molar-refractivity contribution in [2.24, 2.45) is 0 Å². The van der Waals surface area contributed by atoms with Crippen molar-refractivity contribution in [2.75, 3.05) is 13.2 Å². The zero-order chi connectivity index (χ0) is 15.4. The summed E-state index contributed by atoms with van der Waals surface area (Å²) in [7, 11) is 0. The normalized spacial score (nSPS) is 19.0. The summed E-state index contributed by atoms with van der Waals surface area (Å²) < 4.78 is 11.4. The van der Waals surface area contributed by atoms with Gasteiger partial charge in [0.1, 0.15) is 5.75 Å². The van der Waals surface area contributed by atoms with Crippen molar-refractivity contribution in [3.63, 3.8) is 0 Å². The van der Waals surface area contributed by atoms with Crippen LogP contribution in [0.15, 0.2) is 42.5 Å². The van der Waals surface area contributed by atoms with Crippen molar-refractivity contribution < 1.29 is 14.3 Å². The van der Waals surface area contributed by atoms with Crippen molar-refractivity contribution in [2.45, 2.75) is 32.0 Å². The summed E-state index contributed by atoms with van der Waals surface area (Å²) in [6.07, 6.45) is 1.70. The number of ether oxygens (including phenoxy) is 2. The molecule has 0 aromatic heterocycles. The van der Waals surface area contributed by atoms with E-state index in [0.29, 0.717) is 6.54 Å². The molecule has 0 spiro atoms. The zero-order valence-electron chi connectivity index (χ0n) is 12.7. The Balaban J connectivity index is 1.62. The van der Waals surface area contributed by atoms with Crippen molar-refractivity contribution in [1.29, 1.82) is 0 Å². The van der Waals surface area contributed by atoms with Crippen LogP contribution in [0.4, 0.5) is 0 Å². The molecule has 2 aromatic carbocycles. The van der Waals surface area contributed by atoms with Crippen molar-refractivity contribution in [3.05, 3.63) is 42.5 Å². The van der Waals surface area contributed by atoms with Gasteiger partial charge in [0.05, 0.1) is 6.10 Å². The summed E-state index contributed by atoms with van der Waals surface area (Å²) in [6, 6.07) is 13.9. The number of rotatable bonds is 5. The highest BCUT2D eigenvalue weighted by atomic mass is 16.5. The minimum atomic E-state index is -0.535. The van der Waals surface area contributed by atoms with Gasteiger partial charge in [-0.2, -0.15) is 0 Å². The van der Waals surface area contributed by atoms with Gasteiger partial charge in [0.2, 0.25) is 0 Å². The molecule has 1 aliphatic heterocycles. The highest BCUT2D eigenvalue weighted by molar-refractivity contribution is 5.89. The molecule has 1 N–H and O–H groups in total. The summed E-state index contributed by atoms with van der Waals surface area (Å²) in [5.74, 6) is 0.626. The third kappa shape index (κ3) is 3.39. The number of carbonyl (C=O) groups excluding carboxylic acids is 1. The van der Waals surface area contributed by atoms with Crippen LogP contribution in [0.2, 0.25) is 0 Å². The Morgan fingerprint density at radius 1 is 1.32 bits per heavy atom. The summed E-state index contributed by atoms with van der Waals surface area (Å²) in [4.78, 5) is 12.1. The summed E-state index contributed by atoms with van der Waals surface area (Å²) >= 11 is 0. The van der Waals surface area contributed by atoms with Crippen LogP contribution in [0.3, 0.4) is 0 Å². The molecule has 1 saturated heterocycles. The maximum Gasteiger partial charge on any atom is 0.260 e. The number of fused-ring (bicyclic) bond motifs is 1. The van der Waals surface area contributed by atoms with E-state index in [-0.39, 0.29) is 12.0 Å². The van der Waals surface area contributed by atoms with Gasteiger partial charge in [-0.25, -0.2) is 0 Å². The highest BCUT2D eigenvalue weighted by Gasteiger charge is 2.20. The second-order valence-electron chi connectivity index (χ2n) is 5.62. The summed E-state index contributed by atoms with van der Waals surface area (Å²) in [5.41, 5.74) is 0. The van der Waals surface area contributed by atoms with Gasteiger partial charge in [-0.3, -0.25) is 4.79 Å². The average Bonchev–Trinajstić information content (AvgIpc) is 3.06. The van der Waals surface area contributed by atoms with Crippen LogP contribution in [0.1, 0.15) is 19.8 Å². The molecule has 1 fully saturated rings. The molecule has 1 aliphatic rings. The molecule has 4 heteroatoms. The van der Waals surface area contributed by atoms with Crippen molar-refractivity contribution >= 4 is 16.7 Å². The first-order valence-electron chi connectivity index (χ1n) is 7.78. The van der Waals surface area contributed by atoms with Gasteiger partial charge in [0.15, 0.2) is 6.10 Å². The fourth-order valence-electron chi connectivity index (χ4n) is 2.71. The lowest BCUT2D eigenvalue weighted by molar-refractivity contribution is -0.127. The fraction of sp³-hybridized carbons (Fsp3) is 0.389. The molecule has 1 amide bonds. The highest BCUT2D eigenvalue weighted by Crippen LogP contribution is 2.26. The molecule has 2 atom stereocenters. The van der Waals surface area contributed by atoms with E-state index in [1.165, 1.54) is 0 Å². The first kappa shape index (κ1) is 14.9. The van der Waals surface area contributed by atoms with Crippen LogP contribution in [-0.2, 0) is 9.53 Å². The van der Waals surface area contributed by atoms with Crippen molar-refractivity contribution in [1.82, 2.24) is 5.32 Å². The van der Waals surface area contributed by atoms with Gasteiger partial charge >= 0.3 is 0 Å². The molecule has 2 unspecified atom stereocenters. The molecule has 2 aromatic rings. The quantitative estimate of drug-likeness (QED) is 0.923. The molecule has 0 radical (unpaired) electrons. The van der Waals surface area contributed by atoms with E-state index in [9.17, 15) is 4.79 Å². The van der Waals surface area contributed by atoms with E-state index in [0.717, 1.165) is 36.0 Å². The second-order valence-corrected chi connectivity index (χ2v) is 5.62. The molecule has 0 aliphatic carbocycles. The molecule has 3 rings (SSSR count). The minimum Gasteiger partial charge on any atom is -0.480 e. The lowest BCUT2D eigenvalue weighted by Gasteiger charge is -2.17. The molecule has 0 saturated carbocycles. The van der Waals surface area contributed by atoms with E-state index in [1.807, 2.05) is 42.5 Å². The Hall–Kier alpha value is -2.07. The Labute approximate surface area is 130 Å². The summed E-state index contributed by atoms with van der Waals surface area (Å²) in [5, 5.41) is 5.02. The van der Waals surface area contributed by atoms with E-state index in [2.05, 4.69) is 5.32 Å². The van der Waals surface area contributed by atoms with Crippen LogP contribution in [0.25, 0.3) is 10.8 Å². The van der Waals surface area contributed by atoms with Crippen LogP contribution in [0.5, 0.6) is 5.75 Å². The lowest BCUT2D eigenvalue weighted by atomic mass is 10.1. The maximum atomic E-state index is 12.1. The zero-order valence-corrected chi connectivity index (χ0v) is 12.7. The van der Waals surface area contributed by atoms with E-state index in [1.54, 1.807) is 6.92 Å². The SMILES string of the molecule is CC(Oc1cccc2ccccc12)C(=O)NCC1CCCO1. The minimum absolute atomic E-state index is 0.108. The predicted molar refractivity (Wildman–Crippen MR) is 86.0 cm³/mol. The molecule has 22 heavy (non-hydrogen) atoms. The Kier molecular flexibility index (Phi) is 4.59. The molecule has 4 nitrogen and oxygen atoms in total. The van der Waals surface area contributed by atoms with E-state index in [4.69, 9.17) is 9.47 Å².